The van der Waals surface area contributed by atoms with Crippen molar-refractivity contribution in [3.8, 4) is 17.2 Å². The van der Waals surface area contributed by atoms with Crippen molar-refractivity contribution in [2.45, 2.75) is 31.7 Å². The van der Waals surface area contributed by atoms with Crippen LogP contribution >= 0.6 is 0 Å². The van der Waals surface area contributed by atoms with Gasteiger partial charge in [0.2, 0.25) is 11.7 Å². The van der Waals surface area contributed by atoms with Crippen molar-refractivity contribution in [1.82, 2.24) is 0 Å². The van der Waals surface area contributed by atoms with Crippen LogP contribution in [-0.2, 0) is 9.59 Å². The number of ether oxygens (including phenoxy) is 3. The Bertz CT molecular complexity index is 1320. The summed E-state index contributed by atoms with van der Waals surface area (Å²) in [5.41, 5.74) is 3.42. The maximum atomic E-state index is 13.9. The van der Waals surface area contributed by atoms with Gasteiger partial charge in [0.1, 0.15) is 5.76 Å². The Morgan fingerprint density at radius 1 is 1.00 bits per heavy atom. The Morgan fingerprint density at radius 2 is 1.72 bits per heavy atom. The van der Waals surface area contributed by atoms with Crippen molar-refractivity contribution in [1.29, 1.82) is 0 Å². The van der Waals surface area contributed by atoms with E-state index in [9.17, 15) is 9.59 Å². The van der Waals surface area contributed by atoms with Crippen molar-refractivity contribution in [3.63, 3.8) is 0 Å². The van der Waals surface area contributed by atoms with Gasteiger partial charge in [0, 0.05) is 30.5 Å². The van der Waals surface area contributed by atoms with Crippen molar-refractivity contribution in [2.75, 3.05) is 31.5 Å². The third kappa shape index (κ3) is 3.88. The molecular formula is C28H28N2O6. The SMILES string of the molecule is COc1cc([C@@H]2C3=C(C[C@H](c4ccco4)CC3=O)Nc3ccccc3N2C(C)=O)cc(OC)c1OC. The quantitative estimate of drug-likeness (QED) is 0.526. The van der Waals surface area contributed by atoms with Crippen LogP contribution in [0.5, 0.6) is 17.2 Å². The average Bonchev–Trinajstić information content (AvgIpc) is 3.37. The van der Waals surface area contributed by atoms with Crippen LogP contribution < -0.4 is 24.4 Å². The smallest absolute Gasteiger partial charge is 0.224 e. The number of nitrogens with one attached hydrogen (secondary N) is 1. The average molecular weight is 489 g/mol. The number of rotatable bonds is 5. The molecule has 1 amide bonds. The normalized spacial score (nSPS) is 19.1. The van der Waals surface area contributed by atoms with Gasteiger partial charge in [-0.15, -0.1) is 0 Å². The first-order chi connectivity index (χ1) is 17.5. The fourth-order valence-electron chi connectivity index (χ4n) is 5.24. The lowest BCUT2D eigenvalue weighted by atomic mass is 9.80. The lowest BCUT2D eigenvalue weighted by molar-refractivity contribution is -0.117. The third-order valence-corrected chi connectivity index (χ3v) is 6.78. The zero-order chi connectivity index (χ0) is 25.4. The second-order valence-corrected chi connectivity index (χ2v) is 8.83. The van der Waals surface area contributed by atoms with E-state index in [-0.39, 0.29) is 24.0 Å². The number of furan rings is 1. The number of allylic oxidation sites excluding steroid dienone is 1. The molecule has 2 heterocycles. The van der Waals surface area contributed by atoms with E-state index in [1.807, 2.05) is 36.4 Å². The summed E-state index contributed by atoms with van der Waals surface area (Å²) in [6, 6.07) is 14.2. The minimum atomic E-state index is -0.701. The number of anilines is 2. The molecule has 5 rings (SSSR count). The largest absolute Gasteiger partial charge is 0.493 e. The van der Waals surface area contributed by atoms with Gasteiger partial charge in [0.25, 0.3) is 0 Å². The summed E-state index contributed by atoms with van der Waals surface area (Å²) in [6.07, 6.45) is 2.46. The summed E-state index contributed by atoms with van der Waals surface area (Å²) >= 11 is 0. The highest BCUT2D eigenvalue weighted by Gasteiger charge is 2.42. The lowest BCUT2D eigenvalue weighted by Gasteiger charge is -2.34. The molecule has 1 N–H and O–H groups in total. The molecule has 1 aliphatic carbocycles. The number of ketones is 1. The molecular weight excluding hydrogens is 460 g/mol. The topological polar surface area (TPSA) is 90.2 Å². The van der Waals surface area contributed by atoms with Crippen LogP contribution in [0.15, 0.2) is 70.5 Å². The standard InChI is InChI=1S/C28H28N2O6/c1-16(31)30-21-9-6-5-8-19(21)29-20-12-17(23-10-7-11-36-23)13-22(32)26(20)27(30)18-14-24(33-2)28(35-4)25(15-18)34-3/h5-11,14-15,17,27,29H,12-13H2,1-4H3/t17-,27+/m0/s1. The first-order valence-corrected chi connectivity index (χ1v) is 11.7. The minimum absolute atomic E-state index is 0.0528. The number of carbonyl (C=O) groups excluding carboxylic acids is 2. The predicted molar refractivity (Wildman–Crippen MR) is 135 cm³/mol. The summed E-state index contributed by atoms with van der Waals surface area (Å²) < 4.78 is 22.3. The molecule has 0 spiro atoms. The van der Waals surface area contributed by atoms with Gasteiger partial charge in [-0.3, -0.25) is 14.5 Å². The highest BCUT2D eigenvalue weighted by Crippen LogP contribution is 2.49. The lowest BCUT2D eigenvalue weighted by Crippen LogP contribution is -2.37. The van der Waals surface area contributed by atoms with E-state index in [1.165, 1.54) is 28.3 Å². The molecule has 8 heteroatoms. The number of methoxy groups -OCH3 is 3. The van der Waals surface area contributed by atoms with E-state index in [0.29, 0.717) is 40.5 Å². The number of benzene rings is 2. The fraction of sp³-hybridized carbons (Fsp3) is 0.286. The maximum absolute atomic E-state index is 13.9. The Kier molecular flexibility index (Phi) is 6.18. The molecule has 1 aromatic heterocycles. The highest BCUT2D eigenvalue weighted by atomic mass is 16.5. The first-order valence-electron chi connectivity index (χ1n) is 11.7. The van der Waals surface area contributed by atoms with Crippen LogP contribution in [0, 0.1) is 0 Å². The van der Waals surface area contributed by atoms with Crippen molar-refractivity contribution in [3.05, 3.63) is 77.4 Å². The third-order valence-electron chi connectivity index (χ3n) is 6.78. The molecule has 8 nitrogen and oxygen atoms in total. The van der Waals surface area contributed by atoms with Crippen LogP contribution in [0.1, 0.15) is 43.0 Å². The monoisotopic (exact) mass is 488 g/mol. The van der Waals surface area contributed by atoms with Gasteiger partial charge in [0.15, 0.2) is 17.3 Å². The van der Waals surface area contributed by atoms with Gasteiger partial charge in [-0.05, 0) is 48.4 Å². The summed E-state index contributed by atoms with van der Waals surface area (Å²) in [7, 11) is 4.62. The number of carbonyl (C=O) groups is 2. The van der Waals surface area contributed by atoms with E-state index in [0.717, 1.165) is 17.1 Å². The maximum Gasteiger partial charge on any atom is 0.224 e. The Labute approximate surface area is 209 Å². The molecule has 0 unspecified atom stereocenters. The predicted octanol–water partition coefficient (Wildman–Crippen LogP) is 5.23. The number of nitrogens with zero attached hydrogens (tertiary/aromatic N) is 1. The summed E-state index contributed by atoms with van der Waals surface area (Å²) in [6.45, 7) is 1.51. The van der Waals surface area contributed by atoms with E-state index in [2.05, 4.69) is 5.32 Å². The van der Waals surface area contributed by atoms with Crippen molar-refractivity contribution >= 4 is 23.1 Å². The Balaban J connectivity index is 1.76. The molecule has 0 bridgehead atoms. The molecule has 186 valence electrons. The molecule has 0 saturated carbocycles. The zero-order valence-electron chi connectivity index (χ0n) is 20.7. The molecule has 3 aromatic rings. The molecule has 2 aliphatic rings. The van der Waals surface area contributed by atoms with Crippen molar-refractivity contribution < 1.29 is 28.2 Å². The molecule has 0 fully saturated rings. The van der Waals surface area contributed by atoms with Gasteiger partial charge >= 0.3 is 0 Å². The highest BCUT2D eigenvalue weighted by molar-refractivity contribution is 6.06. The van der Waals surface area contributed by atoms with E-state index < -0.39 is 6.04 Å². The number of hydrogen-bond acceptors (Lipinski definition) is 7. The van der Waals surface area contributed by atoms with Crippen LogP contribution in [-0.4, -0.2) is 33.0 Å². The second kappa shape index (κ2) is 9.45. The van der Waals surface area contributed by atoms with E-state index in [4.69, 9.17) is 18.6 Å². The van der Waals surface area contributed by atoms with E-state index in [1.54, 1.807) is 23.3 Å². The molecule has 2 atom stereocenters. The Hall–Kier alpha value is -4.20. The second-order valence-electron chi connectivity index (χ2n) is 8.83. The van der Waals surface area contributed by atoms with Crippen LogP contribution in [0.3, 0.4) is 0 Å². The van der Waals surface area contributed by atoms with E-state index >= 15 is 0 Å². The van der Waals surface area contributed by atoms with Gasteiger partial charge < -0.3 is 23.9 Å². The minimum Gasteiger partial charge on any atom is -0.493 e. The molecule has 0 radical (unpaired) electrons. The van der Waals surface area contributed by atoms with Gasteiger partial charge in [-0.2, -0.15) is 0 Å². The molecule has 36 heavy (non-hydrogen) atoms. The molecule has 1 aliphatic heterocycles. The number of hydrogen-bond donors (Lipinski definition) is 1. The number of para-hydroxylation sites is 2. The zero-order valence-corrected chi connectivity index (χ0v) is 20.7. The van der Waals surface area contributed by atoms with Crippen LogP contribution in [0.4, 0.5) is 11.4 Å². The first kappa shape index (κ1) is 23.5. The van der Waals surface area contributed by atoms with Gasteiger partial charge in [-0.1, -0.05) is 12.1 Å². The summed E-state index contributed by atoms with van der Waals surface area (Å²) in [4.78, 5) is 28.7. The number of Topliss-reactive ketones (excluding diaryl/α,β-unsaturated/α-hetero) is 1. The van der Waals surface area contributed by atoms with Crippen molar-refractivity contribution in [2.24, 2.45) is 0 Å². The van der Waals surface area contributed by atoms with Gasteiger partial charge in [0.05, 0.1) is 45.0 Å². The molecule has 2 aromatic carbocycles. The summed E-state index contributed by atoms with van der Waals surface area (Å²) in [5, 5.41) is 3.48. The van der Waals surface area contributed by atoms with Gasteiger partial charge in [-0.25, -0.2) is 0 Å². The van der Waals surface area contributed by atoms with Crippen LogP contribution in [0.2, 0.25) is 0 Å². The number of amides is 1. The summed E-state index contributed by atoms with van der Waals surface area (Å²) in [5.74, 6) is 1.74. The molecule has 0 saturated heterocycles. The Morgan fingerprint density at radius 3 is 2.33 bits per heavy atom. The van der Waals surface area contributed by atoms with Crippen LogP contribution in [0.25, 0.3) is 0 Å². The fourth-order valence-corrected chi connectivity index (χ4v) is 5.24. The number of fused-ring (bicyclic) bond motifs is 1.